The van der Waals surface area contributed by atoms with Crippen molar-refractivity contribution in [2.45, 2.75) is 60.8 Å². The number of hydrogen-bond acceptors (Lipinski definition) is 3. The molecule has 4 heteroatoms. The molecule has 0 aromatic heterocycles. The average Bonchev–Trinajstić information content (AvgIpc) is 2.66. The van der Waals surface area contributed by atoms with Gasteiger partial charge < -0.3 is 4.74 Å². The molecule has 0 unspecified atom stereocenters. The summed E-state index contributed by atoms with van der Waals surface area (Å²) in [6.07, 6.45) is 1.44. The largest absolute Gasteiger partial charge is 0.430 e. The predicted molar refractivity (Wildman–Crippen MR) is 127 cm³/mol. The van der Waals surface area contributed by atoms with E-state index in [2.05, 4.69) is 12.1 Å². The number of hydrogen-bond donors (Lipinski definition) is 0. The number of carbonyl (C=O) groups is 2. The number of ketones is 1. The number of allylic oxidation sites excluding steroid dienone is 2. The van der Waals surface area contributed by atoms with Gasteiger partial charge in [-0.2, -0.15) is 0 Å². The highest BCUT2D eigenvalue weighted by Crippen LogP contribution is 2.45. The Bertz CT molecular complexity index is 1020. The first-order valence-corrected chi connectivity index (χ1v) is 11.2. The van der Waals surface area contributed by atoms with E-state index < -0.39 is 0 Å². The van der Waals surface area contributed by atoms with Crippen LogP contribution >= 0.6 is 11.6 Å². The number of esters is 1. The van der Waals surface area contributed by atoms with E-state index in [1.165, 1.54) is 0 Å². The van der Waals surface area contributed by atoms with Gasteiger partial charge in [0.25, 0.3) is 0 Å². The molecule has 1 aliphatic carbocycles. The first-order valence-electron chi connectivity index (χ1n) is 10.9. The Morgan fingerprint density at radius 3 is 2.19 bits per heavy atom. The third-order valence-corrected chi connectivity index (χ3v) is 6.10. The highest BCUT2D eigenvalue weighted by atomic mass is 35.5. The lowest BCUT2D eigenvalue weighted by Gasteiger charge is -2.34. The summed E-state index contributed by atoms with van der Waals surface area (Å²) in [4.78, 5) is 25.7. The third-order valence-electron chi connectivity index (χ3n) is 5.85. The van der Waals surface area contributed by atoms with Crippen LogP contribution in [0.2, 0.25) is 5.02 Å². The van der Waals surface area contributed by atoms with Crippen molar-refractivity contribution in [3.05, 3.63) is 63.9 Å². The highest BCUT2D eigenvalue weighted by Gasteiger charge is 2.38. The third kappa shape index (κ3) is 5.10. The molecule has 3 rings (SSSR count). The van der Waals surface area contributed by atoms with E-state index in [1.807, 2.05) is 65.8 Å². The van der Waals surface area contributed by atoms with Gasteiger partial charge >= 0.3 is 5.97 Å². The van der Waals surface area contributed by atoms with Crippen LogP contribution in [0.25, 0.3) is 16.7 Å². The van der Waals surface area contributed by atoms with Crippen LogP contribution in [0.1, 0.15) is 63.6 Å². The highest BCUT2D eigenvalue weighted by molar-refractivity contribution is 6.30. The number of halogens is 1. The quantitative estimate of drug-likeness (QED) is 0.459. The van der Waals surface area contributed by atoms with Gasteiger partial charge in [0.1, 0.15) is 5.76 Å². The van der Waals surface area contributed by atoms with Gasteiger partial charge in [-0.1, -0.05) is 63.6 Å². The molecule has 3 nitrogen and oxygen atoms in total. The zero-order chi connectivity index (χ0) is 22.9. The molecule has 0 fully saturated rings. The molecule has 0 amide bonds. The molecule has 2 aromatic rings. The van der Waals surface area contributed by atoms with Crippen molar-refractivity contribution in [2.24, 2.45) is 11.3 Å². The van der Waals surface area contributed by atoms with Gasteiger partial charge in [0.05, 0.1) is 5.57 Å². The summed E-state index contributed by atoms with van der Waals surface area (Å²) >= 11 is 6.04. The van der Waals surface area contributed by atoms with Crippen LogP contribution in [-0.4, -0.2) is 11.8 Å². The van der Waals surface area contributed by atoms with E-state index in [-0.39, 0.29) is 23.1 Å². The van der Waals surface area contributed by atoms with E-state index in [1.54, 1.807) is 0 Å². The smallest absolute Gasteiger partial charge is 0.311 e. The number of ether oxygens (including phenoxy) is 1. The Morgan fingerprint density at radius 2 is 1.65 bits per heavy atom. The minimum absolute atomic E-state index is 0.0390. The van der Waals surface area contributed by atoms with E-state index in [9.17, 15) is 9.59 Å². The molecule has 0 radical (unpaired) electrons. The van der Waals surface area contributed by atoms with Crippen molar-refractivity contribution in [3.8, 4) is 11.1 Å². The molecule has 0 aliphatic heterocycles. The summed E-state index contributed by atoms with van der Waals surface area (Å²) in [5.74, 6) is 0.469. The van der Waals surface area contributed by atoms with E-state index in [4.69, 9.17) is 16.3 Å². The molecule has 0 bridgehead atoms. The zero-order valence-corrected chi connectivity index (χ0v) is 20.0. The molecular weight excluding hydrogens is 408 g/mol. The van der Waals surface area contributed by atoms with Crippen LogP contribution in [0.4, 0.5) is 0 Å². The maximum absolute atomic E-state index is 13.1. The van der Waals surface area contributed by atoms with Gasteiger partial charge in [-0.15, -0.1) is 0 Å². The molecule has 0 spiro atoms. The van der Waals surface area contributed by atoms with Crippen molar-refractivity contribution >= 4 is 28.9 Å². The van der Waals surface area contributed by atoms with Crippen LogP contribution in [0, 0.1) is 25.2 Å². The number of carbonyl (C=O) groups excluding carboxylic acids is 2. The summed E-state index contributed by atoms with van der Waals surface area (Å²) in [5, 5.41) is 0.696. The second-order valence-electron chi connectivity index (χ2n) is 9.58. The van der Waals surface area contributed by atoms with Gasteiger partial charge in [-0.05, 0) is 66.1 Å². The molecule has 0 atom stereocenters. The Labute approximate surface area is 190 Å². The Kier molecular flexibility index (Phi) is 6.76. The maximum Gasteiger partial charge on any atom is 0.311 e. The van der Waals surface area contributed by atoms with E-state index >= 15 is 0 Å². The van der Waals surface area contributed by atoms with Crippen LogP contribution in [-0.2, 0) is 14.3 Å². The fourth-order valence-corrected chi connectivity index (χ4v) is 4.35. The SMILES string of the molecule is Cc1cc(-c2ccc(Cl)cc2)cc(C)c1C1=C(OC(=O)CC(C)C)C(C)(C)CCC1=O. The first-order chi connectivity index (χ1) is 14.5. The molecule has 2 aromatic carbocycles. The Hall–Kier alpha value is -2.39. The number of benzene rings is 2. The summed E-state index contributed by atoms with van der Waals surface area (Å²) in [5.41, 5.74) is 5.16. The second-order valence-corrected chi connectivity index (χ2v) is 10.0. The van der Waals surface area contributed by atoms with Crippen molar-refractivity contribution in [1.82, 2.24) is 0 Å². The van der Waals surface area contributed by atoms with Gasteiger partial charge in [-0.3, -0.25) is 9.59 Å². The topological polar surface area (TPSA) is 43.4 Å². The number of aryl methyl sites for hydroxylation is 2. The lowest BCUT2D eigenvalue weighted by molar-refractivity contribution is -0.142. The monoisotopic (exact) mass is 438 g/mol. The fourth-order valence-electron chi connectivity index (χ4n) is 4.23. The van der Waals surface area contributed by atoms with Crippen LogP contribution in [0.5, 0.6) is 0 Å². The minimum atomic E-state index is -0.385. The van der Waals surface area contributed by atoms with Crippen molar-refractivity contribution in [3.63, 3.8) is 0 Å². The normalized spacial score (nSPS) is 16.1. The predicted octanol–water partition coefficient (Wildman–Crippen LogP) is 7.31. The van der Waals surface area contributed by atoms with Crippen LogP contribution < -0.4 is 0 Å². The Balaban J connectivity index is 2.15. The zero-order valence-electron chi connectivity index (χ0n) is 19.3. The molecule has 1 aliphatic rings. The molecular formula is C27H31ClO3. The van der Waals surface area contributed by atoms with E-state index in [0.29, 0.717) is 35.6 Å². The van der Waals surface area contributed by atoms with Crippen molar-refractivity contribution in [2.75, 3.05) is 0 Å². The molecule has 0 heterocycles. The number of rotatable bonds is 5. The fraction of sp³-hybridized carbons (Fsp3) is 0.407. The summed E-state index contributed by atoms with van der Waals surface area (Å²) < 4.78 is 5.90. The maximum atomic E-state index is 13.1. The van der Waals surface area contributed by atoms with E-state index in [0.717, 1.165) is 27.8 Å². The van der Waals surface area contributed by atoms with Gasteiger partial charge in [0.15, 0.2) is 5.78 Å². The van der Waals surface area contributed by atoms with Gasteiger partial charge in [0.2, 0.25) is 0 Å². The average molecular weight is 439 g/mol. The molecule has 0 N–H and O–H groups in total. The second kappa shape index (κ2) is 9.00. The van der Waals surface area contributed by atoms with Crippen molar-refractivity contribution < 1.29 is 14.3 Å². The summed E-state index contributed by atoms with van der Waals surface area (Å²) in [7, 11) is 0. The summed E-state index contributed by atoms with van der Waals surface area (Å²) in [6.45, 7) is 12.1. The van der Waals surface area contributed by atoms with Gasteiger partial charge in [-0.25, -0.2) is 0 Å². The molecule has 164 valence electrons. The minimum Gasteiger partial charge on any atom is -0.430 e. The van der Waals surface area contributed by atoms with Crippen LogP contribution in [0.3, 0.4) is 0 Å². The van der Waals surface area contributed by atoms with Gasteiger partial charge in [0, 0.05) is 23.3 Å². The first kappa shape index (κ1) is 23.3. The molecule has 31 heavy (non-hydrogen) atoms. The number of Topliss-reactive ketones (excluding diaryl/α,β-unsaturated/α-hetero) is 1. The Morgan fingerprint density at radius 1 is 1.06 bits per heavy atom. The van der Waals surface area contributed by atoms with Crippen LogP contribution in [0.15, 0.2) is 42.2 Å². The van der Waals surface area contributed by atoms with Crippen molar-refractivity contribution in [1.29, 1.82) is 0 Å². The molecule has 0 saturated carbocycles. The lowest BCUT2D eigenvalue weighted by atomic mass is 9.74. The lowest BCUT2D eigenvalue weighted by Crippen LogP contribution is -2.29. The summed E-state index contributed by atoms with van der Waals surface area (Å²) in [6, 6.07) is 11.9. The standard InChI is InChI=1S/C27H31ClO3/c1-16(2)13-23(30)31-26-25(22(29)11-12-27(26,5)6)24-17(3)14-20(15-18(24)4)19-7-9-21(28)10-8-19/h7-10,14-16H,11-13H2,1-6H3. The molecule has 0 saturated heterocycles.